The van der Waals surface area contributed by atoms with Crippen molar-refractivity contribution in [2.75, 3.05) is 17.4 Å². The first-order chi connectivity index (χ1) is 13.2. The van der Waals surface area contributed by atoms with E-state index < -0.39 is 10.0 Å². The molecule has 28 heavy (non-hydrogen) atoms. The quantitative estimate of drug-likeness (QED) is 0.642. The molecule has 1 N–H and O–H groups in total. The van der Waals surface area contributed by atoms with Gasteiger partial charge in [-0.25, -0.2) is 8.42 Å². The van der Waals surface area contributed by atoms with E-state index in [0.29, 0.717) is 12.2 Å². The smallest absolute Gasteiger partial charge is 0.264 e. The molecule has 2 aromatic rings. The molecule has 6 heteroatoms. The van der Waals surface area contributed by atoms with Crippen LogP contribution < -0.4 is 9.62 Å². The van der Waals surface area contributed by atoms with Gasteiger partial charge in [0.2, 0.25) is 5.91 Å². The molecule has 0 unspecified atom stereocenters. The average Bonchev–Trinajstić information content (AvgIpc) is 2.62. The molecule has 152 valence electrons. The Kier molecular flexibility index (Phi) is 7.63. The van der Waals surface area contributed by atoms with Crippen LogP contribution in [0.15, 0.2) is 47.4 Å². The van der Waals surface area contributed by atoms with Crippen molar-refractivity contribution in [2.45, 2.75) is 51.9 Å². The largest absolute Gasteiger partial charge is 0.355 e. The number of anilines is 1. The summed E-state index contributed by atoms with van der Waals surface area (Å²) in [6.45, 7) is 8.14. The van der Waals surface area contributed by atoms with Gasteiger partial charge in [0, 0.05) is 6.54 Å². The van der Waals surface area contributed by atoms with E-state index in [1.807, 2.05) is 26.8 Å². The van der Waals surface area contributed by atoms with Crippen LogP contribution in [0.3, 0.4) is 0 Å². The summed E-state index contributed by atoms with van der Waals surface area (Å²) >= 11 is 0. The minimum Gasteiger partial charge on any atom is -0.355 e. The lowest BCUT2D eigenvalue weighted by molar-refractivity contribution is -0.119. The fourth-order valence-electron chi connectivity index (χ4n) is 3.04. The Bertz CT molecular complexity index is 886. The van der Waals surface area contributed by atoms with E-state index in [2.05, 4.69) is 12.2 Å². The van der Waals surface area contributed by atoms with Crippen molar-refractivity contribution in [3.8, 4) is 0 Å². The van der Waals surface area contributed by atoms with Gasteiger partial charge in [-0.3, -0.25) is 9.10 Å². The molecule has 0 saturated heterocycles. The molecule has 0 atom stereocenters. The zero-order valence-electron chi connectivity index (χ0n) is 17.2. The van der Waals surface area contributed by atoms with Crippen LogP contribution in [0.1, 0.15) is 42.9 Å². The van der Waals surface area contributed by atoms with Crippen LogP contribution in [0, 0.1) is 20.8 Å². The lowest BCUT2D eigenvalue weighted by Gasteiger charge is -2.25. The van der Waals surface area contributed by atoms with E-state index >= 15 is 0 Å². The van der Waals surface area contributed by atoms with Crippen molar-refractivity contribution < 1.29 is 13.2 Å². The molecule has 0 spiro atoms. The summed E-state index contributed by atoms with van der Waals surface area (Å²) in [7, 11) is -3.86. The number of unbranched alkanes of at least 4 members (excludes halogenated alkanes) is 2. The summed E-state index contributed by atoms with van der Waals surface area (Å²) in [5.41, 5.74) is 3.37. The normalized spacial score (nSPS) is 11.3. The molecule has 5 nitrogen and oxygen atoms in total. The van der Waals surface area contributed by atoms with Crippen molar-refractivity contribution in [1.82, 2.24) is 5.32 Å². The molecule has 0 radical (unpaired) electrons. The molecular formula is C22H30N2O3S. The van der Waals surface area contributed by atoms with Crippen molar-refractivity contribution in [3.63, 3.8) is 0 Å². The van der Waals surface area contributed by atoms with E-state index in [0.717, 1.165) is 36.0 Å². The van der Waals surface area contributed by atoms with Crippen LogP contribution in [-0.4, -0.2) is 27.4 Å². The highest BCUT2D eigenvalue weighted by molar-refractivity contribution is 7.92. The number of carbonyl (C=O) groups excluding carboxylic acids is 1. The summed E-state index contributed by atoms with van der Waals surface area (Å²) in [6, 6.07) is 12.3. The zero-order valence-corrected chi connectivity index (χ0v) is 18.0. The Balaban J connectivity index is 2.35. The average molecular weight is 403 g/mol. The molecule has 2 aromatic carbocycles. The number of carbonyl (C=O) groups is 1. The maximum absolute atomic E-state index is 13.3. The van der Waals surface area contributed by atoms with Gasteiger partial charge in [-0.1, -0.05) is 43.5 Å². The molecule has 0 saturated carbocycles. The lowest BCUT2D eigenvalue weighted by atomic mass is 10.1. The number of nitrogens with one attached hydrogen (secondary N) is 1. The highest BCUT2D eigenvalue weighted by Gasteiger charge is 2.27. The van der Waals surface area contributed by atoms with Crippen LogP contribution in [-0.2, 0) is 14.8 Å². The zero-order chi connectivity index (χ0) is 20.7. The number of hydrogen-bond acceptors (Lipinski definition) is 3. The standard InChI is InChI=1S/C22H30N2O3S/c1-5-6-7-12-23-22(25)16-24(20-14-18(3)13-19(4)15-20)28(26,27)21-10-8-17(2)9-11-21/h8-11,13-15H,5-7,12,16H2,1-4H3,(H,23,25). The Labute approximate surface area is 168 Å². The SMILES string of the molecule is CCCCCNC(=O)CN(c1cc(C)cc(C)c1)S(=O)(=O)c1ccc(C)cc1. The number of aryl methyl sites for hydroxylation is 3. The van der Waals surface area contributed by atoms with Crippen LogP contribution >= 0.6 is 0 Å². The lowest BCUT2D eigenvalue weighted by Crippen LogP contribution is -2.41. The predicted octanol–water partition coefficient (Wildman–Crippen LogP) is 4.11. The summed E-state index contributed by atoms with van der Waals surface area (Å²) in [5, 5.41) is 2.83. The third-order valence-corrected chi connectivity index (χ3v) is 6.28. The molecule has 0 aliphatic heterocycles. The third kappa shape index (κ3) is 5.83. The molecular weight excluding hydrogens is 372 g/mol. The molecule has 0 heterocycles. The van der Waals surface area contributed by atoms with E-state index in [1.54, 1.807) is 36.4 Å². The number of hydrogen-bond donors (Lipinski definition) is 1. The van der Waals surface area contributed by atoms with Crippen LogP contribution in [0.2, 0.25) is 0 Å². The Hall–Kier alpha value is -2.34. The van der Waals surface area contributed by atoms with Crippen LogP contribution in [0.5, 0.6) is 0 Å². The first-order valence-electron chi connectivity index (χ1n) is 9.68. The van der Waals surface area contributed by atoms with Gasteiger partial charge in [-0.15, -0.1) is 0 Å². The minimum atomic E-state index is -3.86. The fourth-order valence-corrected chi connectivity index (χ4v) is 4.44. The number of sulfonamides is 1. The Morgan fingerprint density at radius 1 is 0.929 bits per heavy atom. The first kappa shape index (κ1) is 22.0. The van der Waals surface area contributed by atoms with Gasteiger partial charge in [-0.2, -0.15) is 0 Å². The number of rotatable bonds is 9. The van der Waals surface area contributed by atoms with Crippen molar-refractivity contribution in [2.24, 2.45) is 0 Å². The van der Waals surface area contributed by atoms with Gasteiger partial charge in [0.15, 0.2) is 0 Å². The van der Waals surface area contributed by atoms with Crippen molar-refractivity contribution in [3.05, 3.63) is 59.2 Å². The fraction of sp³-hybridized carbons (Fsp3) is 0.409. The molecule has 2 rings (SSSR count). The molecule has 0 aliphatic rings. The van der Waals surface area contributed by atoms with Gasteiger partial charge in [0.25, 0.3) is 10.0 Å². The number of benzene rings is 2. The second-order valence-corrected chi connectivity index (χ2v) is 9.09. The highest BCUT2D eigenvalue weighted by Crippen LogP contribution is 2.26. The maximum Gasteiger partial charge on any atom is 0.264 e. The summed E-state index contributed by atoms with van der Waals surface area (Å²) < 4.78 is 27.9. The molecule has 1 amide bonds. The molecule has 0 fully saturated rings. The second-order valence-electron chi connectivity index (χ2n) is 7.23. The maximum atomic E-state index is 13.3. The van der Waals surface area contributed by atoms with E-state index in [1.165, 1.54) is 4.31 Å². The van der Waals surface area contributed by atoms with E-state index in [-0.39, 0.29) is 17.3 Å². The number of amides is 1. The highest BCUT2D eigenvalue weighted by atomic mass is 32.2. The van der Waals surface area contributed by atoms with Crippen LogP contribution in [0.4, 0.5) is 5.69 Å². The van der Waals surface area contributed by atoms with Crippen molar-refractivity contribution in [1.29, 1.82) is 0 Å². The Morgan fingerprint density at radius 2 is 1.54 bits per heavy atom. The first-order valence-corrected chi connectivity index (χ1v) is 11.1. The minimum absolute atomic E-state index is 0.177. The molecule has 0 aromatic heterocycles. The topological polar surface area (TPSA) is 66.5 Å². The Morgan fingerprint density at radius 3 is 2.11 bits per heavy atom. The van der Waals surface area contributed by atoms with Gasteiger partial charge < -0.3 is 5.32 Å². The van der Waals surface area contributed by atoms with Gasteiger partial charge in [0.05, 0.1) is 10.6 Å². The summed E-state index contributed by atoms with van der Waals surface area (Å²) in [6.07, 6.45) is 2.98. The van der Waals surface area contributed by atoms with Gasteiger partial charge >= 0.3 is 0 Å². The molecule has 0 bridgehead atoms. The summed E-state index contributed by atoms with van der Waals surface area (Å²) in [4.78, 5) is 12.7. The third-order valence-electron chi connectivity index (χ3n) is 4.49. The van der Waals surface area contributed by atoms with Gasteiger partial charge in [0.1, 0.15) is 6.54 Å². The monoisotopic (exact) mass is 402 g/mol. The number of nitrogens with zero attached hydrogens (tertiary/aromatic N) is 1. The van der Waals surface area contributed by atoms with E-state index in [4.69, 9.17) is 0 Å². The predicted molar refractivity (Wildman–Crippen MR) is 114 cm³/mol. The second kappa shape index (κ2) is 9.73. The van der Waals surface area contributed by atoms with Crippen molar-refractivity contribution >= 4 is 21.6 Å². The van der Waals surface area contributed by atoms with Crippen LogP contribution in [0.25, 0.3) is 0 Å². The molecule has 0 aliphatic carbocycles. The summed E-state index contributed by atoms with van der Waals surface area (Å²) in [5.74, 6) is -0.300. The van der Waals surface area contributed by atoms with Gasteiger partial charge in [-0.05, 0) is 62.6 Å². The van der Waals surface area contributed by atoms with E-state index in [9.17, 15) is 13.2 Å².